The summed E-state index contributed by atoms with van der Waals surface area (Å²) < 4.78 is 23.9. The van der Waals surface area contributed by atoms with Crippen molar-refractivity contribution in [2.75, 3.05) is 19.7 Å². The van der Waals surface area contributed by atoms with Crippen molar-refractivity contribution in [3.05, 3.63) is 71.3 Å². The van der Waals surface area contributed by atoms with Gasteiger partial charge in [0.25, 0.3) is 11.8 Å². The average Bonchev–Trinajstić information content (AvgIpc) is 3.25. The van der Waals surface area contributed by atoms with Crippen molar-refractivity contribution in [3.8, 4) is 11.5 Å². The van der Waals surface area contributed by atoms with Gasteiger partial charge < -0.3 is 14.2 Å². The van der Waals surface area contributed by atoms with Crippen molar-refractivity contribution in [1.82, 2.24) is 15.0 Å². The van der Waals surface area contributed by atoms with Crippen LogP contribution in [0, 0.1) is 12.7 Å². The molecule has 1 fully saturated rings. The fourth-order valence-corrected chi connectivity index (χ4v) is 4.09. The molecule has 0 saturated carbocycles. The Balaban J connectivity index is 1.50. The number of likely N-dealkylation sites (tertiary alicyclic amines) is 1. The summed E-state index contributed by atoms with van der Waals surface area (Å²) in [5.41, 5.74) is 1.10. The standard InChI is InChI=1S/C24H24FN3O4/c1-3-31-23(30)24(19-8-10-20(25)11-9-19)12-14-28(15-13-24)22(29)18-6-4-17(5-7-18)21-26-16(2)27-32-21/h4-11H,3,12-15H2,1-2H3. The number of esters is 1. The first-order chi connectivity index (χ1) is 15.4. The summed E-state index contributed by atoms with van der Waals surface area (Å²) in [6, 6.07) is 12.9. The van der Waals surface area contributed by atoms with Crippen LogP contribution in [0.5, 0.6) is 0 Å². The van der Waals surface area contributed by atoms with Crippen LogP contribution in [-0.4, -0.2) is 46.6 Å². The summed E-state index contributed by atoms with van der Waals surface area (Å²) in [5, 5.41) is 3.77. The largest absolute Gasteiger partial charge is 0.465 e. The maximum absolute atomic E-state index is 13.4. The first kappa shape index (κ1) is 21.7. The highest BCUT2D eigenvalue weighted by Crippen LogP contribution is 2.37. The molecule has 0 radical (unpaired) electrons. The third-order valence-electron chi connectivity index (χ3n) is 5.87. The van der Waals surface area contributed by atoms with E-state index in [2.05, 4.69) is 10.1 Å². The van der Waals surface area contributed by atoms with E-state index in [1.807, 2.05) is 0 Å². The SMILES string of the molecule is CCOC(=O)C1(c2ccc(F)cc2)CCN(C(=O)c2ccc(-c3nc(C)no3)cc2)CC1. The van der Waals surface area contributed by atoms with Crippen LogP contribution in [-0.2, 0) is 14.9 Å². The molecule has 0 atom stereocenters. The minimum atomic E-state index is -0.889. The minimum absolute atomic E-state index is 0.116. The van der Waals surface area contributed by atoms with E-state index < -0.39 is 5.41 Å². The Bertz CT molecular complexity index is 1100. The second kappa shape index (κ2) is 8.90. The highest BCUT2D eigenvalue weighted by Gasteiger charge is 2.45. The molecular weight excluding hydrogens is 413 g/mol. The molecule has 1 aliphatic heterocycles. The molecule has 2 aromatic carbocycles. The Morgan fingerprint density at radius 1 is 1.09 bits per heavy atom. The Hall–Kier alpha value is -3.55. The summed E-state index contributed by atoms with van der Waals surface area (Å²) in [6.45, 7) is 4.54. The summed E-state index contributed by atoms with van der Waals surface area (Å²) in [5.74, 6) is 0.130. The molecule has 8 heteroatoms. The molecule has 3 aromatic rings. The summed E-state index contributed by atoms with van der Waals surface area (Å²) in [7, 11) is 0. The molecule has 2 heterocycles. The quantitative estimate of drug-likeness (QED) is 0.563. The number of aromatic nitrogens is 2. The van der Waals surface area contributed by atoms with Crippen molar-refractivity contribution in [1.29, 1.82) is 0 Å². The van der Waals surface area contributed by atoms with Gasteiger partial charge in [-0.2, -0.15) is 4.98 Å². The number of carbonyl (C=O) groups excluding carboxylic acids is 2. The van der Waals surface area contributed by atoms with E-state index in [9.17, 15) is 14.0 Å². The maximum atomic E-state index is 13.4. The molecule has 0 N–H and O–H groups in total. The Morgan fingerprint density at radius 2 is 1.75 bits per heavy atom. The number of ether oxygens (including phenoxy) is 1. The number of rotatable bonds is 5. The smallest absolute Gasteiger partial charge is 0.316 e. The number of hydrogen-bond donors (Lipinski definition) is 0. The van der Waals surface area contributed by atoms with Gasteiger partial charge in [0.15, 0.2) is 5.82 Å². The van der Waals surface area contributed by atoms with Crippen molar-refractivity contribution in [3.63, 3.8) is 0 Å². The Morgan fingerprint density at radius 3 is 2.31 bits per heavy atom. The second-order valence-electron chi connectivity index (χ2n) is 7.83. The lowest BCUT2D eigenvalue weighted by Gasteiger charge is -2.40. The topological polar surface area (TPSA) is 85.5 Å². The fraction of sp³-hybridized carbons (Fsp3) is 0.333. The molecule has 0 spiro atoms. The molecule has 32 heavy (non-hydrogen) atoms. The maximum Gasteiger partial charge on any atom is 0.316 e. The summed E-state index contributed by atoms with van der Waals surface area (Å²) in [4.78, 5) is 31.9. The molecule has 1 amide bonds. The summed E-state index contributed by atoms with van der Waals surface area (Å²) in [6.07, 6.45) is 0.811. The van der Waals surface area contributed by atoms with E-state index in [1.165, 1.54) is 12.1 Å². The van der Waals surface area contributed by atoms with E-state index in [0.29, 0.717) is 48.8 Å². The molecule has 7 nitrogen and oxygen atoms in total. The average molecular weight is 437 g/mol. The molecule has 166 valence electrons. The number of piperidine rings is 1. The van der Waals surface area contributed by atoms with E-state index >= 15 is 0 Å². The predicted octanol–water partition coefficient (Wildman–Crippen LogP) is 3.92. The van der Waals surface area contributed by atoms with Gasteiger partial charge in [-0.1, -0.05) is 17.3 Å². The molecule has 1 saturated heterocycles. The van der Waals surface area contributed by atoms with Gasteiger partial charge in [0.2, 0.25) is 0 Å². The van der Waals surface area contributed by atoms with E-state index in [-0.39, 0.29) is 24.3 Å². The number of halogens is 1. The summed E-state index contributed by atoms with van der Waals surface area (Å²) >= 11 is 0. The number of carbonyl (C=O) groups is 2. The highest BCUT2D eigenvalue weighted by molar-refractivity contribution is 5.95. The third-order valence-corrected chi connectivity index (χ3v) is 5.87. The van der Waals surface area contributed by atoms with Crippen LogP contribution in [0.1, 0.15) is 41.5 Å². The van der Waals surface area contributed by atoms with Crippen LogP contribution in [0.25, 0.3) is 11.5 Å². The first-order valence-corrected chi connectivity index (χ1v) is 10.6. The molecular formula is C24H24FN3O4. The third kappa shape index (κ3) is 4.12. The molecule has 0 aliphatic carbocycles. The number of amides is 1. The van der Waals surface area contributed by atoms with Crippen molar-refractivity contribution in [2.45, 2.75) is 32.1 Å². The monoisotopic (exact) mass is 437 g/mol. The lowest BCUT2D eigenvalue weighted by Crippen LogP contribution is -2.49. The van der Waals surface area contributed by atoms with Gasteiger partial charge >= 0.3 is 5.97 Å². The Kier molecular flexibility index (Phi) is 6.03. The van der Waals surface area contributed by atoms with Gasteiger partial charge in [-0.25, -0.2) is 4.39 Å². The molecule has 1 aliphatic rings. The number of aryl methyl sites for hydroxylation is 1. The van der Waals surface area contributed by atoms with Gasteiger partial charge in [0.05, 0.1) is 12.0 Å². The van der Waals surface area contributed by atoms with E-state index in [1.54, 1.807) is 55.1 Å². The normalized spacial score (nSPS) is 15.4. The van der Waals surface area contributed by atoms with Crippen LogP contribution in [0.4, 0.5) is 4.39 Å². The first-order valence-electron chi connectivity index (χ1n) is 10.6. The van der Waals surface area contributed by atoms with E-state index in [0.717, 1.165) is 5.56 Å². The van der Waals surface area contributed by atoms with Gasteiger partial charge in [-0.3, -0.25) is 9.59 Å². The van der Waals surface area contributed by atoms with Crippen LogP contribution in [0.2, 0.25) is 0 Å². The molecule has 0 unspecified atom stereocenters. The Labute approximate surface area is 185 Å². The van der Waals surface area contributed by atoms with E-state index in [4.69, 9.17) is 9.26 Å². The molecule has 0 bridgehead atoms. The van der Waals surface area contributed by atoms with Gasteiger partial charge in [0.1, 0.15) is 5.82 Å². The van der Waals surface area contributed by atoms with Crippen molar-refractivity contribution >= 4 is 11.9 Å². The number of nitrogens with zero attached hydrogens (tertiary/aromatic N) is 3. The molecule has 4 rings (SSSR count). The van der Waals surface area contributed by atoms with Gasteiger partial charge in [-0.15, -0.1) is 0 Å². The zero-order valence-electron chi connectivity index (χ0n) is 18.0. The fourth-order valence-electron chi connectivity index (χ4n) is 4.09. The van der Waals surface area contributed by atoms with Crippen LogP contribution < -0.4 is 0 Å². The van der Waals surface area contributed by atoms with Crippen LogP contribution in [0.3, 0.4) is 0 Å². The van der Waals surface area contributed by atoms with Crippen LogP contribution in [0.15, 0.2) is 53.1 Å². The molecule has 1 aromatic heterocycles. The zero-order valence-corrected chi connectivity index (χ0v) is 18.0. The zero-order chi connectivity index (χ0) is 22.7. The highest BCUT2D eigenvalue weighted by atomic mass is 19.1. The number of hydrogen-bond acceptors (Lipinski definition) is 6. The minimum Gasteiger partial charge on any atom is -0.465 e. The van der Waals surface area contributed by atoms with Crippen molar-refractivity contribution < 1.29 is 23.2 Å². The van der Waals surface area contributed by atoms with Crippen molar-refractivity contribution in [2.24, 2.45) is 0 Å². The van der Waals surface area contributed by atoms with Crippen LogP contribution >= 0.6 is 0 Å². The second-order valence-corrected chi connectivity index (χ2v) is 7.83. The van der Waals surface area contributed by atoms with Gasteiger partial charge in [0, 0.05) is 24.2 Å². The number of benzene rings is 2. The lowest BCUT2D eigenvalue weighted by molar-refractivity contribution is -0.152. The predicted molar refractivity (Wildman–Crippen MR) is 114 cm³/mol. The van der Waals surface area contributed by atoms with Gasteiger partial charge in [-0.05, 0) is 68.7 Å². The lowest BCUT2D eigenvalue weighted by atomic mass is 9.72.